The average Bonchev–Trinajstić information content (AvgIpc) is 2.75. The van der Waals surface area contributed by atoms with Gasteiger partial charge in [-0.15, -0.1) is 0 Å². The van der Waals surface area contributed by atoms with Crippen molar-refractivity contribution in [2.45, 2.75) is 19.6 Å². The number of hydrogen-bond donors (Lipinski definition) is 1. The van der Waals surface area contributed by atoms with Crippen LogP contribution in [0.1, 0.15) is 18.1 Å². The Kier molecular flexibility index (Phi) is 7.41. The molecule has 3 aromatic rings. The van der Waals surface area contributed by atoms with Gasteiger partial charge in [-0.3, -0.25) is 4.79 Å². The van der Waals surface area contributed by atoms with Crippen LogP contribution in [0, 0.1) is 0 Å². The molecular formula is C23H21BrN2O3. The Morgan fingerprint density at radius 1 is 1.03 bits per heavy atom. The van der Waals surface area contributed by atoms with E-state index in [9.17, 15) is 4.79 Å². The summed E-state index contributed by atoms with van der Waals surface area (Å²) in [5, 5.41) is 4.04. The number of halogens is 1. The molecular weight excluding hydrogens is 432 g/mol. The minimum Gasteiger partial charge on any atom is -0.488 e. The lowest BCUT2D eigenvalue weighted by Crippen LogP contribution is -2.33. The van der Waals surface area contributed by atoms with Crippen molar-refractivity contribution in [3.05, 3.63) is 94.5 Å². The van der Waals surface area contributed by atoms with Crippen molar-refractivity contribution in [1.29, 1.82) is 0 Å². The van der Waals surface area contributed by atoms with Crippen LogP contribution in [0.3, 0.4) is 0 Å². The SMILES string of the molecule is C[C@H](Oc1ccc(Br)cc1)C(=O)N/N=C\c1ccccc1OCc1ccccc1. The summed E-state index contributed by atoms with van der Waals surface area (Å²) in [6.45, 7) is 2.12. The van der Waals surface area contributed by atoms with Crippen LogP contribution >= 0.6 is 15.9 Å². The van der Waals surface area contributed by atoms with Gasteiger partial charge in [0.05, 0.1) is 6.21 Å². The molecule has 5 nitrogen and oxygen atoms in total. The zero-order valence-corrected chi connectivity index (χ0v) is 17.5. The molecule has 0 saturated heterocycles. The van der Waals surface area contributed by atoms with Crippen molar-refractivity contribution >= 4 is 28.1 Å². The molecule has 1 atom stereocenters. The Balaban J connectivity index is 1.55. The number of carbonyl (C=O) groups excluding carboxylic acids is 1. The first-order chi connectivity index (χ1) is 14.1. The van der Waals surface area contributed by atoms with Crippen LogP contribution in [0.5, 0.6) is 11.5 Å². The van der Waals surface area contributed by atoms with Crippen LogP contribution in [0.4, 0.5) is 0 Å². The van der Waals surface area contributed by atoms with Crippen molar-refractivity contribution in [2.75, 3.05) is 0 Å². The lowest BCUT2D eigenvalue weighted by atomic mass is 10.2. The van der Waals surface area contributed by atoms with Crippen molar-refractivity contribution in [2.24, 2.45) is 5.10 Å². The fourth-order valence-electron chi connectivity index (χ4n) is 2.48. The van der Waals surface area contributed by atoms with Gasteiger partial charge < -0.3 is 9.47 Å². The van der Waals surface area contributed by atoms with Crippen LogP contribution in [0.25, 0.3) is 0 Å². The third kappa shape index (κ3) is 6.47. The molecule has 148 valence electrons. The van der Waals surface area contributed by atoms with E-state index in [1.54, 1.807) is 25.3 Å². The van der Waals surface area contributed by atoms with Crippen molar-refractivity contribution in [3.63, 3.8) is 0 Å². The molecule has 0 saturated carbocycles. The normalized spacial score (nSPS) is 11.8. The minimum absolute atomic E-state index is 0.341. The molecule has 0 fully saturated rings. The van der Waals surface area contributed by atoms with Gasteiger partial charge in [-0.25, -0.2) is 5.43 Å². The quantitative estimate of drug-likeness (QED) is 0.388. The van der Waals surface area contributed by atoms with E-state index < -0.39 is 6.10 Å². The second-order valence-corrected chi connectivity index (χ2v) is 7.18. The fourth-order valence-corrected chi connectivity index (χ4v) is 2.75. The Labute approximate surface area is 178 Å². The molecule has 3 aromatic carbocycles. The number of hydrazone groups is 1. The monoisotopic (exact) mass is 452 g/mol. The van der Waals surface area contributed by atoms with Gasteiger partial charge in [-0.1, -0.05) is 58.4 Å². The van der Waals surface area contributed by atoms with Crippen LogP contribution in [-0.2, 0) is 11.4 Å². The third-order valence-electron chi connectivity index (χ3n) is 4.03. The number of carbonyl (C=O) groups is 1. The molecule has 3 rings (SSSR count). The smallest absolute Gasteiger partial charge is 0.280 e. The molecule has 1 N–H and O–H groups in total. The van der Waals surface area contributed by atoms with E-state index in [1.165, 1.54) is 0 Å². The topological polar surface area (TPSA) is 59.9 Å². The molecule has 0 unspecified atom stereocenters. The summed E-state index contributed by atoms with van der Waals surface area (Å²) < 4.78 is 12.4. The molecule has 0 bridgehead atoms. The molecule has 0 aromatic heterocycles. The summed E-state index contributed by atoms with van der Waals surface area (Å²) in [5.41, 5.74) is 4.35. The minimum atomic E-state index is -0.683. The summed E-state index contributed by atoms with van der Waals surface area (Å²) in [7, 11) is 0. The molecule has 0 spiro atoms. The zero-order chi connectivity index (χ0) is 20.5. The van der Waals surface area contributed by atoms with Gasteiger partial charge in [0.25, 0.3) is 5.91 Å². The van der Waals surface area contributed by atoms with E-state index in [2.05, 4.69) is 26.5 Å². The number of rotatable bonds is 8. The molecule has 6 heteroatoms. The lowest BCUT2D eigenvalue weighted by molar-refractivity contribution is -0.127. The molecule has 0 aliphatic carbocycles. The Bertz CT molecular complexity index is 959. The van der Waals surface area contributed by atoms with E-state index in [-0.39, 0.29) is 5.91 Å². The van der Waals surface area contributed by atoms with Gasteiger partial charge >= 0.3 is 0 Å². The summed E-state index contributed by atoms with van der Waals surface area (Å²) in [4.78, 5) is 12.2. The molecule has 0 radical (unpaired) electrons. The molecule has 29 heavy (non-hydrogen) atoms. The first kappa shape index (κ1) is 20.6. The van der Waals surface area contributed by atoms with E-state index >= 15 is 0 Å². The lowest BCUT2D eigenvalue weighted by Gasteiger charge is -2.13. The summed E-state index contributed by atoms with van der Waals surface area (Å²) in [6, 6.07) is 24.7. The number of hydrogen-bond acceptors (Lipinski definition) is 4. The summed E-state index contributed by atoms with van der Waals surface area (Å²) in [6.07, 6.45) is 0.878. The first-order valence-corrected chi connectivity index (χ1v) is 9.92. The average molecular weight is 453 g/mol. The maximum Gasteiger partial charge on any atom is 0.280 e. The van der Waals surface area contributed by atoms with Crippen LogP contribution in [0.2, 0.25) is 0 Å². The maximum atomic E-state index is 12.2. The van der Waals surface area contributed by atoms with Crippen molar-refractivity contribution in [3.8, 4) is 11.5 Å². The fraction of sp³-hybridized carbons (Fsp3) is 0.130. The summed E-state index contributed by atoms with van der Waals surface area (Å²) in [5.74, 6) is 0.958. The van der Waals surface area contributed by atoms with E-state index in [0.717, 1.165) is 15.6 Å². The van der Waals surface area contributed by atoms with Gasteiger partial charge in [-0.05, 0) is 48.9 Å². The highest BCUT2D eigenvalue weighted by molar-refractivity contribution is 9.10. The first-order valence-electron chi connectivity index (χ1n) is 9.13. The number of ether oxygens (including phenoxy) is 2. The van der Waals surface area contributed by atoms with Gasteiger partial charge in [0.15, 0.2) is 6.10 Å². The van der Waals surface area contributed by atoms with Crippen LogP contribution in [0.15, 0.2) is 88.4 Å². The third-order valence-corrected chi connectivity index (χ3v) is 4.56. The Hall–Kier alpha value is -3.12. The Morgan fingerprint density at radius 3 is 2.48 bits per heavy atom. The largest absolute Gasteiger partial charge is 0.488 e. The molecule has 1 amide bonds. The number of nitrogens with zero attached hydrogens (tertiary/aromatic N) is 1. The van der Waals surface area contributed by atoms with E-state index in [1.807, 2.05) is 66.7 Å². The van der Waals surface area contributed by atoms with Gasteiger partial charge in [0.2, 0.25) is 0 Å². The van der Waals surface area contributed by atoms with Gasteiger partial charge in [0.1, 0.15) is 18.1 Å². The molecule has 0 aliphatic heterocycles. The predicted molar refractivity (Wildman–Crippen MR) is 117 cm³/mol. The second-order valence-electron chi connectivity index (χ2n) is 6.26. The molecule has 0 heterocycles. The highest BCUT2D eigenvalue weighted by Crippen LogP contribution is 2.18. The van der Waals surface area contributed by atoms with Gasteiger partial charge in [0, 0.05) is 10.0 Å². The Morgan fingerprint density at radius 2 is 1.72 bits per heavy atom. The summed E-state index contributed by atoms with van der Waals surface area (Å²) >= 11 is 3.36. The van der Waals surface area contributed by atoms with E-state index in [4.69, 9.17) is 9.47 Å². The van der Waals surface area contributed by atoms with Gasteiger partial charge in [-0.2, -0.15) is 5.10 Å². The highest BCUT2D eigenvalue weighted by Gasteiger charge is 2.13. The van der Waals surface area contributed by atoms with Crippen LogP contribution in [-0.4, -0.2) is 18.2 Å². The predicted octanol–water partition coefficient (Wildman–Crippen LogP) is 4.95. The molecule has 0 aliphatic rings. The number of amides is 1. The van der Waals surface area contributed by atoms with Crippen LogP contribution < -0.4 is 14.9 Å². The standard InChI is InChI=1S/C23H21BrN2O3/c1-17(29-21-13-11-20(24)12-14-21)23(27)26-25-15-19-9-5-6-10-22(19)28-16-18-7-3-2-4-8-18/h2-15,17H,16H2,1H3,(H,26,27)/b25-15-/t17-/m0/s1. The highest BCUT2D eigenvalue weighted by atomic mass is 79.9. The van der Waals surface area contributed by atoms with Crippen molar-refractivity contribution < 1.29 is 14.3 Å². The van der Waals surface area contributed by atoms with E-state index in [0.29, 0.717) is 18.1 Å². The second kappa shape index (κ2) is 10.4. The number of para-hydroxylation sites is 1. The number of nitrogens with one attached hydrogen (secondary N) is 1. The zero-order valence-electron chi connectivity index (χ0n) is 15.9. The van der Waals surface area contributed by atoms with Crippen molar-refractivity contribution in [1.82, 2.24) is 5.43 Å². The maximum absolute atomic E-state index is 12.2. The number of benzene rings is 3.